The van der Waals surface area contributed by atoms with Gasteiger partial charge in [-0.25, -0.2) is 8.78 Å². The van der Waals surface area contributed by atoms with E-state index >= 15 is 0 Å². The summed E-state index contributed by atoms with van der Waals surface area (Å²) in [7, 11) is 3.25. The lowest BCUT2D eigenvalue weighted by molar-refractivity contribution is -0.129. The lowest BCUT2D eigenvalue weighted by Gasteiger charge is -2.14. The topological polar surface area (TPSA) is 39.3 Å². The number of aromatic nitrogens is 1. The molecule has 0 spiro atoms. The monoisotopic (exact) mass is 336 g/mol. The first-order chi connectivity index (χ1) is 11.4. The Balaban J connectivity index is 1.94. The van der Waals surface area contributed by atoms with Crippen LogP contribution in [0.15, 0.2) is 30.0 Å². The Morgan fingerprint density at radius 2 is 2.21 bits per heavy atom. The van der Waals surface area contributed by atoms with Gasteiger partial charge in [0.15, 0.2) is 0 Å². The largest absolute Gasteiger partial charge is 0.388 e. The molecule has 1 aromatic rings. The highest BCUT2D eigenvalue weighted by molar-refractivity contribution is 6.20. The van der Waals surface area contributed by atoms with E-state index < -0.39 is 18.2 Å². The summed E-state index contributed by atoms with van der Waals surface area (Å²) in [4.78, 5) is 13.3. The standard InChI is InChI=1S/C17H17F3N3O/c1-22(2)15(24)9-23-8-12(18)16-14(23)7-13(21-16)10-4-3-5-11(6-10)17(19)20/h3-5,7-8,11,17H,6,9H2,1-2H3/q+1. The molecule has 24 heavy (non-hydrogen) atoms. The van der Waals surface area contributed by atoms with Crippen LogP contribution in [0.3, 0.4) is 0 Å². The Bertz CT molecular complexity index is 902. The third-order valence-electron chi connectivity index (χ3n) is 4.12. The Hall–Kier alpha value is -2.53. The molecule has 3 rings (SSSR count). The average Bonchev–Trinajstić information content (AvgIpc) is 3.09. The van der Waals surface area contributed by atoms with Crippen molar-refractivity contribution in [3.05, 3.63) is 46.5 Å². The summed E-state index contributed by atoms with van der Waals surface area (Å²) in [5, 5.41) is 0.641. The van der Waals surface area contributed by atoms with Crippen LogP contribution in [0.1, 0.15) is 6.42 Å². The van der Waals surface area contributed by atoms with Crippen molar-refractivity contribution < 1.29 is 18.0 Å². The van der Waals surface area contributed by atoms with Gasteiger partial charge < -0.3 is 9.47 Å². The maximum absolute atomic E-state index is 14.1. The maximum atomic E-state index is 14.1. The highest BCUT2D eigenvalue weighted by Gasteiger charge is 2.30. The van der Waals surface area contributed by atoms with Crippen molar-refractivity contribution in [2.24, 2.45) is 5.92 Å². The molecule has 0 saturated heterocycles. The number of fused-ring (bicyclic) bond motifs is 1. The number of alkyl halides is 2. The molecule has 0 radical (unpaired) electrons. The number of carbonyl (C=O) groups excluding carboxylic acids is 1. The second kappa shape index (κ2) is 6.17. The summed E-state index contributed by atoms with van der Waals surface area (Å²) >= 11 is 0. The van der Waals surface area contributed by atoms with Gasteiger partial charge in [0, 0.05) is 31.8 Å². The van der Waals surface area contributed by atoms with Crippen molar-refractivity contribution in [1.29, 1.82) is 0 Å². The Kier molecular flexibility index (Phi) is 4.20. The molecule has 0 fully saturated rings. The first-order valence-electron chi connectivity index (χ1n) is 7.55. The molecular formula is C17H17F3N3O+. The molecule has 126 valence electrons. The van der Waals surface area contributed by atoms with E-state index in [0.29, 0.717) is 16.6 Å². The van der Waals surface area contributed by atoms with Gasteiger partial charge in [0.05, 0.1) is 6.08 Å². The molecule has 4 nitrogen and oxygen atoms in total. The van der Waals surface area contributed by atoms with Gasteiger partial charge in [-0.2, -0.15) is 4.39 Å². The van der Waals surface area contributed by atoms with Gasteiger partial charge in [-0.15, -0.1) is 0 Å². The normalized spacial score (nSPS) is 18.7. The molecule has 2 heterocycles. The first-order valence-corrected chi connectivity index (χ1v) is 7.55. The Morgan fingerprint density at radius 1 is 1.46 bits per heavy atom. The fourth-order valence-electron chi connectivity index (χ4n) is 2.72. The second-order valence-corrected chi connectivity index (χ2v) is 6.05. The van der Waals surface area contributed by atoms with Crippen LogP contribution in [0.2, 0.25) is 0 Å². The third-order valence-corrected chi connectivity index (χ3v) is 4.12. The van der Waals surface area contributed by atoms with Crippen LogP contribution in [-0.4, -0.2) is 41.6 Å². The van der Waals surface area contributed by atoms with Crippen molar-refractivity contribution in [2.45, 2.75) is 19.4 Å². The fourth-order valence-corrected chi connectivity index (χ4v) is 2.72. The van der Waals surface area contributed by atoms with E-state index in [1.54, 1.807) is 32.3 Å². The summed E-state index contributed by atoms with van der Waals surface area (Å²) in [6, 6.07) is 0. The van der Waals surface area contributed by atoms with E-state index in [-0.39, 0.29) is 24.2 Å². The molecule has 1 aromatic heterocycles. The Labute approximate surface area is 136 Å². The molecule has 0 bridgehead atoms. The van der Waals surface area contributed by atoms with Gasteiger partial charge in [0.25, 0.3) is 0 Å². The maximum Gasteiger partial charge on any atom is 0.388 e. The third kappa shape index (κ3) is 2.95. The SMILES string of the molecule is CN(C)C(=O)Cn1cc(F)c2c1=CC(C1=CC=CC(C(F)F)C1)=[N+]=2. The van der Waals surface area contributed by atoms with Crippen LogP contribution in [0, 0.1) is 11.7 Å². The van der Waals surface area contributed by atoms with Crippen molar-refractivity contribution in [3.63, 3.8) is 0 Å². The van der Waals surface area contributed by atoms with Crippen molar-refractivity contribution in [1.82, 2.24) is 14.1 Å². The number of nitrogens with zero attached hydrogens (tertiary/aromatic N) is 3. The van der Waals surface area contributed by atoms with Crippen LogP contribution in [0.4, 0.5) is 13.2 Å². The van der Waals surface area contributed by atoms with Gasteiger partial charge in [-0.1, -0.05) is 22.9 Å². The second-order valence-electron chi connectivity index (χ2n) is 6.05. The summed E-state index contributed by atoms with van der Waals surface area (Å²) in [5.41, 5.74) is 1.12. The summed E-state index contributed by atoms with van der Waals surface area (Å²) in [6.07, 6.45) is 5.36. The Morgan fingerprint density at radius 3 is 2.88 bits per heavy atom. The highest BCUT2D eigenvalue weighted by atomic mass is 19.3. The molecule has 1 aliphatic carbocycles. The number of likely N-dealkylation sites (N-methyl/N-ethyl adjacent to an activating group) is 1. The van der Waals surface area contributed by atoms with Crippen molar-refractivity contribution in [3.8, 4) is 0 Å². The molecule has 1 atom stereocenters. The van der Waals surface area contributed by atoms with Crippen molar-refractivity contribution >= 4 is 17.7 Å². The molecule has 1 unspecified atom stereocenters. The lowest BCUT2D eigenvalue weighted by Crippen LogP contribution is -2.34. The van der Waals surface area contributed by atoms with Crippen LogP contribution >= 0.6 is 0 Å². The number of amides is 1. The van der Waals surface area contributed by atoms with E-state index in [0.717, 1.165) is 0 Å². The summed E-state index contributed by atoms with van der Waals surface area (Å²) in [5.74, 6) is -1.56. The number of hydrogen-bond donors (Lipinski definition) is 0. The smallest absolute Gasteiger partial charge is 0.347 e. The van der Waals surface area contributed by atoms with E-state index in [1.807, 2.05) is 0 Å². The lowest BCUT2D eigenvalue weighted by atomic mass is 9.92. The zero-order valence-electron chi connectivity index (χ0n) is 13.3. The predicted molar refractivity (Wildman–Crippen MR) is 84.4 cm³/mol. The fraction of sp³-hybridized carbons (Fsp3) is 0.353. The van der Waals surface area contributed by atoms with Gasteiger partial charge in [0.2, 0.25) is 18.1 Å². The molecule has 1 amide bonds. The molecule has 7 heteroatoms. The minimum absolute atomic E-state index is 0.00281. The zero-order valence-corrected chi connectivity index (χ0v) is 13.3. The molecule has 2 aliphatic rings. The number of halogens is 3. The minimum atomic E-state index is -2.45. The van der Waals surface area contributed by atoms with Crippen molar-refractivity contribution in [2.75, 3.05) is 14.1 Å². The number of rotatable bonds is 4. The zero-order chi connectivity index (χ0) is 17.4. The number of hydrogen-bond acceptors (Lipinski definition) is 1. The number of carbonyl (C=O) groups is 1. The first kappa shape index (κ1) is 16.3. The summed E-state index contributed by atoms with van der Waals surface area (Å²) in [6.45, 7) is -0.00281. The molecular weight excluding hydrogens is 319 g/mol. The quantitative estimate of drug-likeness (QED) is 0.734. The van der Waals surface area contributed by atoms with Gasteiger partial charge in [0.1, 0.15) is 11.9 Å². The van der Waals surface area contributed by atoms with Crippen LogP contribution in [0.25, 0.3) is 6.08 Å². The van der Waals surface area contributed by atoms with Gasteiger partial charge in [-0.3, -0.25) is 4.79 Å². The highest BCUT2D eigenvalue weighted by Crippen LogP contribution is 2.25. The van der Waals surface area contributed by atoms with Crippen LogP contribution in [-0.2, 0) is 11.3 Å². The average molecular weight is 336 g/mol. The predicted octanol–water partition coefficient (Wildman–Crippen LogP) is 0.405. The van der Waals surface area contributed by atoms with E-state index in [2.05, 4.69) is 4.67 Å². The molecule has 0 aromatic carbocycles. The van der Waals surface area contributed by atoms with Crippen LogP contribution in [0.5, 0.6) is 0 Å². The van der Waals surface area contributed by atoms with Crippen LogP contribution < -0.4 is 15.4 Å². The number of allylic oxidation sites excluding steroid dienone is 4. The van der Waals surface area contributed by atoms with E-state index in [9.17, 15) is 18.0 Å². The summed E-state index contributed by atoms with van der Waals surface area (Å²) < 4.78 is 45.6. The van der Waals surface area contributed by atoms with Gasteiger partial charge >= 0.3 is 11.1 Å². The van der Waals surface area contributed by atoms with Gasteiger partial charge in [-0.05, 0) is 6.42 Å². The van der Waals surface area contributed by atoms with E-state index in [1.165, 1.54) is 21.7 Å². The van der Waals surface area contributed by atoms with E-state index in [4.69, 9.17) is 0 Å². The molecule has 0 saturated carbocycles. The minimum Gasteiger partial charge on any atom is -0.347 e. The molecule has 0 N–H and O–H groups in total. The molecule has 1 aliphatic heterocycles.